The van der Waals surface area contributed by atoms with Crippen LogP contribution in [0.15, 0.2) is 54.6 Å². The molecule has 0 saturated carbocycles. The normalized spacial score (nSPS) is 16.9. The van der Waals surface area contributed by atoms with Crippen molar-refractivity contribution in [1.82, 2.24) is 23.9 Å². The molecule has 4 rings (SSSR count). The number of H-pyrrole nitrogens is 1. The van der Waals surface area contributed by atoms with E-state index >= 15 is 0 Å². The molecule has 1 aliphatic heterocycles. The summed E-state index contributed by atoms with van der Waals surface area (Å²) in [5.74, 6) is 1.53. The van der Waals surface area contributed by atoms with Crippen molar-refractivity contribution in [1.29, 1.82) is 0 Å². The molecule has 0 amide bonds. The van der Waals surface area contributed by atoms with Crippen LogP contribution in [0.4, 0.5) is 0 Å². The molecule has 1 aliphatic rings. The third kappa shape index (κ3) is 5.50. The number of nitrogens with zero attached hydrogens (tertiary/aromatic N) is 3. The summed E-state index contributed by atoms with van der Waals surface area (Å²) in [6.07, 6.45) is 1.32. The predicted molar refractivity (Wildman–Crippen MR) is 135 cm³/mol. The van der Waals surface area contributed by atoms with Gasteiger partial charge < -0.3 is 14.6 Å². The molecule has 2 heterocycles. The van der Waals surface area contributed by atoms with Gasteiger partial charge in [-0.25, -0.2) is 9.71 Å². The fraction of sp³-hybridized carbons (Fsp3) is 0.400. The van der Waals surface area contributed by atoms with Crippen LogP contribution in [0.5, 0.6) is 5.75 Å². The van der Waals surface area contributed by atoms with Gasteiger partial charge in [-0.15, -0.1) is 0 Å². The third-order valence-electron chi connectivity index (χ3n) is 6.44. The molecule has 1 fully saturated rings. The largest absolute Gasteiger partial charge is 0.497 e. The van der Waals surface area contributed by atoms with Crippen LogP contribution in [0.2, 0.25) is 0 Å². The number of imidazole rings is 1. The summed E-state index contributed by atoms with van der Waals surface area (Å²) in [6.45, 7) is 5.01. The van der Waals surface area contributed by atoms with E-state index in [-0.39, 0.29) is 12.6 Å². The van der Waals surface area contributed by atoms with Crippen LogP contribution in [-0.2, 0) is 16.6 Å². The molecule has 1 aromatic heterocycles. The highest BCUT2D eigenvalue weighted by molar-refractivity contribution is 7.87. The molecule has 1 unspecified atom stereocenters. The first-order valence-corrected chi connectivity index (χ1v) is 13.1. The van der Waals surface area contributed by atoms with E-state index in [9.17, 15) is 8.42 Å². The molecule has 1 saturated heterocycles. The smallest absolute Gasteiger partial charge is 0.279 e. The van der Waals surface area contributed by atoms with Crippen LogP contribution >= 0.6 is 0 Å². The molecule has 3 aromatic rings. The molecule has 182 valence electrons. The Balaban J connectivity index is 1.50. The topological polar surface area (TPSA) is 90.6 Å². The van der Waals surface area contributed by atoms with E-state index in [1.54, 1.807) is 14.2 Å². The van der Waals surface area contributed by atoms with Crippen LogP contribution in [0.25, 0.3) is 22.6 Å². The third-order valence-corrected chi connectivity index (χ3v) is 8.06. The number of hydrogen-bond acceptors (Lipinski definition) is 5. The van der Waals surface area contributed by atoms with Gasteiger partial charge in [0.1, 0.15) is 11.6 Å². The van der Waals surface area contributed by atoms with Crippen molar-refractivity contribution in [2.45, 2.75) is 25.8 Å². The zero-order chi connectivity index (χ0) is 24.1. The quantitative estimate of drug-likeness (QED) is 0.462. The van der Waals surface area contributed by atoms with Gasteiger partial charge in [0.15, 0.2) is 0 Å². The number of hydrogen-bond donors (Lipinski definition) is 2. The Labute approximate surface area is 202 Å². The number of aromatic amines is 1. The minimum atomic E-state index is -3.58. The van der Waals surface area contributed by atoms with E-state index in [0.717, 1.165) is 60.1 Å². The Morgan fingerprint density at radius 2 is 1.88 bits per heavy atom. The second kappa shape index (κ2) is 10.7. The number of methoxy groups -OCH3 is 1. The average molecular weight is 484 g/mol. The maximum absolute atomic E-state index is 12.9. The maximum Gasteiger partial charge on any atom is 0.279 e. The Morgan fingerprint density at radius 1 is 1.15 bits per heavy atom. The first-order chi connectivity index (χ1) is 16.4. The van der Waals surface area contributed by atoms with Gasteiger partial charge in [0.2, 0.25) is 0 Å². The van der Waals surface area contributed by atoms with E-state index in [0.29, 0.717) is 6.42 Å². The first-order valence-electron chi connectivity index (χ1n) is 11.6. The van der Waals surface area contributed by atoms with Crippen molar-refractivity contribution in [2.24, 2.45) is 0 Å². The van der Waals surface area contributed by atoms with Crippen molar-refractivity contribution < 1.29 is 13.2 Å². The second-order valence-corrected chi connectivity index (χ2v) is 10.3. The summed E-state index contributed by atoms with van der Waals surface area (Å²) in [5.41, 5.74) is 3.64. The van der Waals surface area contributed by atoms with Gasteiger partial charge in [0.25, 0.3) is 10.2 Å². The van der Waals surface area contributed by atoms with Crippen molar-refractivity contribution in [2.75, 3.05) is 40.3 Å². The van der Waals surface area contributed by atoms with Gasteiger partial charge in [-0.05, 0) is 43.8 Å². The van der Waals surface area contributed by atoms with Gasteiger partial charge in [-0.2, -0.15) is 12.7 Å². The Hall–Kier alpha value is -2.72. The van der Waals surface area contributed by atoms with Gasteiger partial charge in [-0.3, -0.25) is 0 Å². The van der Waals surface area contributed by atoms with Gasteiger partial charge >= 0.3 is 0 Å². The van der Waals surface area contributed by atoms with E-state index in [2.05, 4.69) is 21.5 Å². The van der Waals surface area contributed by atoms with Gasteiger partial charge in [0.05, 0.1) is 18.5 Å². The summed E-state index contributed by atoms with van der Waals surface area (Å²) in [6, 6.07) is 17.7. The van der Waals surface area contributed by atoms with Crippen LogP contribution in [0.3, 0.4) is 0 Å². The fourth-order valence-electron chi connectivity index (χ4n) is 4.31. The van der Waals surface area contributed by atoms with Crippen LogP contribution in [-0.4, -0.2) is 74.0 Å². The zero-order valence-corrected chi connectivity index (χ0v) is 20.8. The highest BCUT2D eigenvalue weighted by Gasteiger charge is 2.31. The zero-order valence-electron chi connectivity index (χ0n) is 20.0. The summed E-state index contributed by atoms with van der Waals surface area (Å²) in [5, 5.41) is 0. The SMILES string of the molecule is CCN1CCC(N(C)S(=O)(=O)NCCc2nc(-c3ccccc3)[nH]c2-c2ccc(OC)cc2)C1. The minimum Gasteiger partial charge on any atom is -0.497 e. The standard InChI is InChI=1S/C25H33N5O3S/c1-4-30-17-15-21(18-30)29(2)34(31,32)26-16-14-23-24(19-10-12-22(33-3)13-11-19)28-25(27-23)20-8-6-5-7-9-20/h5-13,21,26H,4,14-18H2,1-3H3,(H,27,28). The molecule has 34 heavy (non-hydrogen) atoms. The van der Waals surface area contributed by atoms with Crippen molar-refractivity contribution in [3.63, 3.8) is 0 Å². The van der Waals surface area contributed by atoms with E-state index in [1.165, 1.54) is 4.31 Å². The number of ether oxygens (including phenoxy) is 1. The molecule has 0 aliphatic carbocycles. The average Bonchev–Trinajstić information content (AvgIpc) is 3.52. The molecule has 2 N–H and O–H groups in total. The van der Waals surface area contributed by atoms with Crippen LogP contribution in [0.1, 0.15) is 19.0 Å². The van der Waals surface area contributed by atoms with Crippen molar-refractivity contribution in [3.8, 4) is 28.4 Å². The lowest BCUT2D eigenvalue weighted by molar-refractivity contribution is 0.315. The number of aromatic nitrogens is 2. The second-order valence-electron chi connectivity index (χ2n) is 8.50. The lowest BCUT2D eigenvalue weighted by Crippen LogP contribution is -2.45. The van der Waals surface area contributed by atoms with Gasteiger partial charge in [0, 0.05) is 43.7 Å². The first kappa shape index (κ1) is 24.4. The lowest BCUT2D eigenvalue weighted by Gasteiger charge is -2.24. The van der Waals surface area contributed by atoms with E-state index in [4.69, 9.17) is 9.72 Å². The summed E-state index contributed by atoms with van der Waals surface area (Å²) in [4.78, 5) is 10.5. The molecule has 0 radical (unpaired) electrons. The summed E-state index contributed by atoms with van der Waals surface area (Å²) >= 11 is 0. The number of likely N-dealkylation sites (tertiary alicyclic amines) is 1. The molecule has 9 heteroatoms. The summed E-state index contributed by atoms with van der Waals surface area (Å²) < 4.78 is 35.3. The van der Waals surface area contributed by atoms with Crippen molar-refractivity contribution >= 4 is 10.2 Å². The summed E-state index contributed by atoms with van der Waals surface area (Å²) in [7, 11) is -0.274. The molecule has 0 spiro atoms. The molecular formula is C25H33N5O3S. The number of nitrogens with one attached hydrogen (secondary N) is 2. The molecule has 2 aromatic carbocycles. The number of likely N-dealkylation sites (N-methyl/N-ethyl adjacent to an activating group) is 2. The molecule has 0 bridgehead atoms. The minimum absolute atomic E-state index is 0.00220. The predicted octanol–water partition coefficient (Wildman–Crippen LogP) is 3.16. The van der Waals surface area contributed by atoms with E-state index < -0.39 is 10.2 Å². The highest BCUT2D eigenvalue weighted by atomic mass is 32.2. The molecule has 8 nitrogen and oxygen atoms in total. The maximum atomic E-state index is 12.9. The molecule has 1 atom stereocenters. The fourth-order valence-corrected chi connectivity index (χ4v) is 5.44. The Bertz CT molecular complexity index is 1180. The van der Waals surface area contributed by atoms with Crippen LogP contribution < -0.4 is 9.46 Å². The van der Waals surface area contributed by atoms with Crippen molar-refractivity contribution in [3.05, 3.63) is 60.3 Å². The lowest BCUT2D eigenvalue weighted by atomic mass is 10.1. The number of benzene rings is 2. The Morgan fingerprint density at radius 3 is 2.53 bits per heavy atom. The van der Waals surface area contributed by atoms with Crippen LogP contribution in [0, 0.1) is 0 Å². The molecular weight excluding hydrogens is 450 g/mol. The highest BCUT2D eigenvalue weighted by Crippen LogP contribution is 2.28. The number of rotatable bonds is 10. The van der Waals surface area contributed by atoms with E-state index in [1.807, 2.05) is 54.6 Å². The Kier molecular flexibility index (Phi) is 7.67. The monoisotopic (exact) mass is 483 g/mol. The van der Waals surface area contributed by atoms with Gasteiger partial charge in [-0.1, -0.05) is 37.3 Å².